The Morgan fingerprint density at radius 3 is 3.00 bits per heavy atom. The van der Waals surface area contributed by atoms with Crippen LogP contribution >= 0.6 is 0 Å². The normalized spacial score (nSPS) is 13.9. The van der Waals surface area contributed by atoms with Gasteiger partial charge in [-0.1, -0.05) is 0 Å². The highest BCUT2D eigenvalue weighted by Gasteiger charge is 2.15. The van der Waals surface area contributed by atoms with Crippen LogP contribution in [0.3, 0.4) is 0 Å². The van der Waals surface area contributed by atoms with Crippen molar-refractivity contribution < 1.29 is 9.53 Å². The molecule has 1 aliphatic rings. The molecule has 0 radical (unpaired) electrons. The van der Waals surface area contributed by atoms with E-state index in [1.807, 2.05) is 13.8 Å². The molecule has 25 heavy (non-hydrogen) atoms. The van der Waals surface area contributed by atoms with Crippen LogP contribution in [-0.2, 0) is 17.7 Å². The first-order valence-corrected chi connectivity index (χ1v) is 8.99. The van der Waals surface area contributed by atoms with E-state index in [0.29, 0.717) is 29.6 Å². The summed E-state index contributed by atoms with van der Waals surface area (Å²) in [5.41, 5.74) is 1.14. The van der Waals surface area contributed by atoms with E-state index in [0.717, 1.165) is 38.1 Å². The van der Waals surface area contributed by atoms with Gasteiger partial charge in [0.05, 0.1) is 17.0 Å². The van der Waals surface area contributed by atoms with E-state index < -0.39 is 0 Å². The van der Waals surface area contributed by atoms with Gasteiger partial charge in [0.25, 0.3) is 11.5 Å². The number of fused-ring (bicyclic) bond motifs is 2. The molecular formula is C19H25N3O3. The molecule has 6 heteroatoms. The van der Waals surface area contributed by atoms with Crippen molar-refractivity contribution in [2.45, 2.75) is 52.2 Å². The molecule has 1 N–H and O–H groups in total. The van der Waals surface area contributed by atoms with Gasteiger partial charge in [-0.2, -0.15) is 0 Å². The number of carbonyl (C=O) groups is 1. The van der Waals surface area contributed by atoms with Crippen LogP contribution in [0.15, 0.2) is 23.0 Å². The molecule has 0 saturated carbocycles. The van der Waals surface area contributed by atoms with E-state index >= 15 is 0 Å². The van der Waals surface area contributed by atoms with Crippen molar-refractivity contribution in [3.05, 3.63) is 39.9 Å². The number of nitrogens with one attached hydrogen (secondary N) is 1. The third kappa shape index (κ3) is 4.07. The summed E-state index contributed by atoms with van der Waals surface area (Å²) in [5, 5.41) is 3.46. The van der Waals surface area contributed by atoms with Crippen LogP contribution in [0.5, 0.6) is 0 Å². The molecule has 1 aliphatic heterocycles. The lowest BCUT2D eigenvalue weighted by molar-refractivity contribution is 0.0757. The van der Waals surface area contributed by atoms with Gasteiger partial charge in [0, 0.05) is 31.7 Å². The first kappa shape index (κ1) is 17.6. The van der Waals surface area contributed by atoms with E-state index in [2.05, 4.69) is 10.3 Å². The van der Waals surface area contributed by atoms with Gasteiger partial charge in [-0.15, -0.1) is 0 Å². The minimum Gasteiger partial charge on any atom is -0.379 e. The van der Waals surface area contributed by atoms with Crippen LogP contribution in [0.1, 0.15) is 49.3 Å². The Labute approximate surface area is 147 Å². The molecule has 1 aromatic heterocycles. The maximum absolute atomic E-state index is 12.6. The zero-order chi connectivity index (χ0) is 17.8. The number of aryl methyl sites for hydroxylation is 1. The standard InChI is InChI=1S/C19H25N3O3/c1-13(2)25-11-5-9-20-18(23)14-7-8-15-16(12-14)21-17-6-3-4-10-22(17)19(15)24/h7-8,12-13H,3-6,9-11H2,1-2H3,(H,20,23). The summed E-state index contributed by atoms with van der Waals surface area (Å²) < 4.78 is 7.22. The number of hydrogen-bond donors (Lipinski definition) is 1. The second-order valence-electron chi connectivity index (χ2n) is 6.70. The molecular weight excluding hydrogens is 318 g/mol. The Bertz CT molecular complexity index is 827. The van der Waals surface area contributed by atoms with Gasteiger partial charge < -0.3 is 10.1 Å². The molecule has 0 bridgehead atoms. The number of benzene rings is 1. The average Bonchev–Trinajstić information content (AvgIpc) is 2.61. The third-order valence-electron chi connectivity index (χ3n) is 4.39. The van der Waals surface area contributed by atoms with Gasteiger partial charge in [-0.05, 0) is 51.3 Å². The predicted molar refractivity (Wildman–Crippen MR) is 97.0 cm³/mol. The molecule has 3 rings (SSSR count). The molecule has 0 saturated heterocycles. The number of ether oxygens (including phenoxy) is 1. The van der Waals surface area contributed by atoms with Crippen LogP contribution in [0.4, 0.5) is 0 Å². The largest absolute Gasteiger partial charge is 0.379 e. The topological polar surface area (TPSA) is 73.2 Å². The fourth-order valence-electron chi connectivity index (χ4n) is 3.08. The molecule has 1 amide bonds. The molecule has 0 spiro atoms. The van der Waals surface area contributed by atoms with Crippen LogP contribution in [0.25, 0.3) is 10.9 Å². The third-order valence-corrected chi connectivity index (χ3v) is 4.39. The minimum atomic E-state index is -0.147. The van der Waals surface area contributed by atoms with Crippen molar-refractivity contribution in [1.29, 1.82) is 0 Å². The van der Waals surface area contributed by atoms with Gasteiger partial charge in [0.2, 0.25) is 0 Å². The first-order chi connectivity index (χ1) is 12.1. The quantitative estimate of drug-likeness (QED) is 0.817. The number of aromatic nitrogens is 2. The van der Waals surface area contributed by atoms with Crippen LogP contribution in [-0.4, -0.2) is 34.7 Å². The predicted octanol–water partition coefficient (Wildman–Crippen LogP) is 2.28. The van der Waals surface area contributed by atoms with Crippen molar-refractivity contribution in [2.24, 2.45) is 0 Å². The molecule has 6 nitrogen and oxygen atoms in total. The zero-order valence-corrected chi connectivity index (χ0v) is 14.9. The SMILES string of the molecule is CC(C)OCCCNC(=O)c1ccc2c(=O)n3c(nc2c1)CCCC3. The van der Waals surface area contributed by atoms with Crippen molar-refractivity contribution in [1.82, 2.24) is 14.9 Å². The summed E-state index contributed by atoms with van der Waals surface area (Å²) in [7, 11) is 0. The lowest BCUT2D eigenvalue weighted by atomic mass is 10.1. The summed E-state index contributed by atoms with van der Waals surface area (Å²) in [6.07, 6.45) is 3.85. The monoisotopic (exact) mass is 343 g/mol. The van der Waals surface area contributed by atoms with E-state index in [4.69, 9.17) is 4.74 Å². The van der Waals surface area contributed by atoms with Crippen molar-refractivity contribution in [3.8, 4) is 0 Å². The van der Waals surface area contributed by atoms with Crippen molar-refractivity contribution in [3.63, 3.8) is 0 Å². The van der Waals surface area contributed by atoms with E-state index in [-0.39, 0.29) is 17.6 Å². The maximum Gasteiger partial charge on any atom is 0.261 e. The summed E-state index contributed by atoms with van der Waals surface area (Å²) in [6, 6.07) is 5.12. The Kier molecular flexibility index (Phi) is 5.48. The Morgan fingerprint density at radius 2 is 2.20 bits per heavy atom. The molecule has 0 aliphatic carbocycles. The fourth-order valence-corrected chi connectivity index (χ4v) is 3.08. The molecule has 2 aromatic rings. The number of hydrogen-bond acceptors (Lipinski definition) is 4. The summed E-state index contributed by atoms with van der Waals surface area (Å²) in [5.74, 6) is 0.679. The lowest BCUT2D eigenvalue weighted by Gasteiger charge is -2.17. The highest BCUT2D eigenvalue weighted by molar-refractivity contribution is 5.97. The number of carbonyl (C=O) groups excluding carboxylic acids is 1. The van der Waals surface area contributed by atoms with Gasteiger partial charge in [-0.3, -0.25) is 14.2 Å². The van der Waals surface area contributed by atoms with E-state index in [1.54, 1.807) is 22.8 Å². The van der Waals surface area contributed by atoms with Crippen molar-refractivity contribution in [2.75, 3.05) is 13.2 Å². The smallest absolute Gasteiger partial charge is 0.261 e. The molecule has 134 valence electrons. The summed E-state index contributed by atoms with van der Waals surface area (Å²) in [6.45, 7) is 5.89. The van der Waals surface area contributed by atoms with E-state index in [1.165, 1.54) is 0 Å². The molecule has 2 heterocycles. The Hall–Kier alpha value is -2.21. The van der Waals surface area contributed by atoms with Gasteiger partial charge in [-0.25, -0.2) is 4.98 Å². The highest BCUT2D eigenvalue weighted by Crippen LogP contribution is 2.16. The Morgan fingerprint density at radius 1 is 1.36 bits per heavy atom. The molecule has 1 aromatic carbocycles. The Balaban J connectivity index is 1.72. The van der Waals surface area contributed by atoms with Gasteiger partial charge >= 0.3 is 0 Å². The van der Waals surface area contributed by atoms with Gasteiger partial charge in [0.15, 0.2) is 0 Å². The van der Waals surface area contributed by atoms with E-state index in [9.17, 15) is 9.59 Å². The average molecular weight is 343 g/mol. The zero-order valence-electron chi connectivity index (χ0n) is 14.9. The van der Waals surface area contributed by atoms with Crippen LogP contribution < -0.4 is 10.9 Å². The van der Waals surface area contributed by atoms with Gasteiger partial charge in [0.1, 0.15) is 5.82 Å². The molecule has 0 unspecified atom stereocenters. The second-order valence-corrected chi connectivity index (χ2v) is 6.70. The fraction of sp³-hybridized carbons (Fsp3) is 0.526. The number of nitrogens with zero attached hydrogens (tertiary/aromatic N) is 2. The maximum atomic E-state index is 12.6. The second kappa shape index (κ2) is 7.78. The number of amides is 1. The van der Waals surface area contributed by atoms with Crippen LogP contribution in [0.2, 0.25) is 0 Å². The minimum absolute atomic E-state index is 0.00232. The first-order valence-electron chi connectivity index (χ1n) is 8.99. The van der Waals surface area contributed by atoms with Crippen molar-refractivity contribution >= 4 is 16.8 Å². The lowest BCUT2D eigenvalue weighted by Crippen LogP contribution is -2.29. The van der Waals surface area contributed by atoms with Crippen LogP contribution in [0, 0.1) is 0 Å². The summed E-state index contributed by atoms with van der Waals surface area (Å²) >= 11 is 0. The number of rotatable bonds is 6. The molecule has 0 atom stereocenters. The summed E-state index contributed by atoms with van der Waals surface area (Å²) in [4.78, 5) is 29.5. The molecule has 0 fully saturated rings. The highest BCUT2D eigenvalue weighted by atomic mass is 16.5.